The summed E-state index contributed by atoms with van der Waals surface area (Å²) in [6.45, 7) is 4.05. The van der Waals surface area contributed by atoms with Crippen LogP contribution in [0.1, 0.15) is 24.5 Å². The van der Waals surface area contributed by atoms with Crippen LogP contribution in [-0.4, -0.2) is 24.9 Å². The lowest BCUT2D eigenvalue weighted by molar-refractivity contribution is -0.124. The van der Waals surface area contributed by atoms with Crippen LogP contribution in [0.3, 0.4) is 0 Å². The van der Waals surface area contributed by atoms with Crippen LogP contribution in [0.25, 0.3) is 6.08 Å². The van der Waals surface area contributed by atoms with Crippen molar-refractivity contribution in [3.05, 3.63) is 39.4 Å². The van der Waals surface area contributed by atoms with E-state index in [0.717, 1.165) is 27.6 Å². The zero-order valence-electron chi connectivity index (χ0n) is 10.7. The summed E-state index contributed by atoms with van der Waals surface area (Å²) in [7, 11) is 3.56. The van der Waals surface area contributed by atoms with Gasteiger partial charge in [-0.15, -0.1) is 0 Å². The SMILES string of the molecule is CC/C(=C\c1ccc(Br)cc1C)C(=O)N(C)C. The number of likely N-dealkylation sites (N-methyl/N-ethyl adjacent to an activating group) is 1. The normalized spacial score (nSPS) is 11.5. The number of halogens is 1. The van der Waals surface area contributed by atoms with Crippen LogP contribution in [-0.2, 0) is 4.79 Å². The van der Waals surface area contributed by atoms with Crippen LogP contribution < -0.4 is 0 Å². The molecule has 0 heterocycles. The summed E-state index contributed by atoms with van der Waals surface area (Å²) in [5.41, 5.74) is 3.09. The molecule has 0 aliphatic carbocycles. The number of nitrogens with zero attached hydrogens (tertiary/aromatic N) is 1. The zero-order chi connectivity index (χ0) is 13.0. The molecule has 0 saturated carbocycles. The van der Waals surface area contributed by atoms with Crippen molar-refractivity contribution in [3.63, 3.8) is 0 Å². The highest BCUT2D eigenvalue weighted by molar-refractivity contribution is 9.10. The minimum absolute atomic E-state index is 0.0785. The summed E-state index contributed by atoms with van der Waals surface area (Å²) >= 11 is 3.44. The average Bonchev–Trinajstić information content (AvgIpc) is 2.27. The molecule has 0 radical (unpaired) electrons. The number of hydrogen-bond acceptors (Lipinski definition) is 1. The maximum Gasteiger partial charge on any atom is 0.249 e. The van der Waals surface area contributed by atoms with Gasteiger partial charge >= 0.3 is 0 Å². The lowest BCUT2D eigenvalue weighted by Gasteiger charge is -2.12. The first-order valence-corrected chi connectivity index (χ1v) is 6.43. The first-order valence-electron chi connectivity index (χ1n) is 5.64. The minimum atomic E-state index is 0.0785. The Morgan fingerprint density at radius 2 is 2.06 bits per heavy atom. The van der Waals surface area contributed by atoms with Gasteiger partial charge in [0.25, 0.3) is 0 Å². The quantitative estimate of drug-likeness (QED) is 0.780. The summed E-state index contributed by atoms with van der Waals surface area (Å²) < 4.78 is 1.06. The van der Waals surface area contributed by atoms with E-state index in [1.165, 1.54) is 0 Å². The molecule has 0 unspecified atom stereocenters. The Bertz CT molecular complexity index is 450. The number of aryl methyl sites for hydroxylation is 1. The minimum Gasteiger partial charge on any atom is -0.345 e. The highest BCUT2D eigenvalue weighted by Gasteiger charge is 2.10. The molecule has 2 nitrogen and oxygen atoms in total. The predicted molar refractivity (Wildman–Crippen MR) is 75.8 cm³/mol. The Hall–Kier alpha value is -1.09. The first-order chi connectivity index (χ1) is 7.95. The van der Waals surface area contributed by atoms with Crippen molar-refractivity contribution in [2.75, 3.05) is 14.1 Å². The van der Waals surface area contributed by atoms with Gasteiger partial charge in [0.1, 0.15) is 0 Å². The highest BCUT2D eigenvalue weighted by Crippen LogP contribution is 2.19. The number of carbonyl (C=O) groups excluding carboxylic acids is 1. The summed E-state index contributed by atoms with van der Waals surface area (Å²) in [4.78, 5) is 13.5. The standard InChI is InChI=1S/C14H18BrNO/c1-5-11(14(17)16(3)4)9-12-6-7-13(15)8-10(12)2/h6-9H,5H2,1-4H3/b11-9+. The molecular weight excluding hydrogens is 278 g/mol. The van der Waals surface area contributed by atoms with E-state index in [9.17, 15) is 4.79 Å². The molecule has 0 N–H and O–H groups in total. The second-order valence-electron chi connectivity index (χ2n) is 4.22. The van der Waals surface area contributed by atoms with Gasteiger partial charge in [-0.2, -0.15) is 0 Å². The van der Waals surface area contributed by atoms with Gasteiger partial charge in [-0.1, -0.05) is 28.9 Å². The molecule has 17 heavy (non-hydrogen) atoms. The second-order valence-corrected chi connectivity index (χ2v) is 5.14. The third-order valence-electron chi connectivity index (χ3n) is 2.62. The van der Waals surface area contributed by atoms with Crippen molar-refractivity contribution in [1.29, 1.82) is 0 Å². The average molecular weight is 296 g/mol. The van der Waals surface area contributed by atoms with E-state index in [2.05, 4.69) is 22.0 Å². The lowest BCUT2D eigenvalue weighted by atomic mass is 10.0. The number of amides is 1. The predicted octanol–water partition coefficient (Wildman–Crippen LogP) is 3.64. The summed E-state index contributed by atoms with van der Waals surface area (Å²) in [5, 5.41) is 0. The molecule has 0 aliphatic heterocycles. The molecule has 0 bridgehead atoms. The molecule has 0 atom stereocenters. The zero-order valence-corrected chi connectivity index (χ0v) is 12.3. The van der Waals surface area contributed by atoms with E-state index in [0.29, 0.717) is 0 Å². The Balaban J connectivity index is 3.11. The fourth-order valence-corrected chi connectivity index (χ4v) is 2.07. The van der Waals surface area contributed by atoms with E-state index in [-0.39, 0.29) is 5.91 Å². The Morgan fingerprint density at radius 3 is 2.53 bits per heavy atom. The monoisotopic (exact) mass is 295 g/mol. The summed E-state index contributed by atoms with van der Waals surface area (Å²) in [6, 6.07) is 6.07. The van der Waals surface area contributed by atoms with Crippen molar-refractivity contribution in [2.24, 2.45) is 0 Å². The van der Waals surface area contributed by atoms with Gasteiger partial charge in [-0.3, -0.25) is 4.79 Å². The fourth-order valence-electron chi connectivity index (χ4n) is 1.59. The van der Waals surface area contributed by atoms with Gasteiger partial charge in [0.15, 0.2) is 0 Å². The molecule has 92 valence electrons. The van der Waals surface area contributed by atoms with Gasteiger partial charge in [0.2, 0.25) is 5.91 Å². The molecule has 0 aliphatic rings. The molecule has 1 aromatic carbocycles. The maximum atomic E-state index is 11.9. The molecule has 0 saturated heterocycles. The van der Waals surface area contributed by atoms with Crippen molar-refractivity contribution in [3.8, 4) is 0 Å². The lowest BCUT2D eigenvalue weighted by Crippen LogP contribution is -2.23. The number of hydrogen-bond donors (Lipinski definition) is 0. The topological polar surface area (TPSA) is 20.3 Å². The van der Waals surface area contributed by atoms with Crippen LogP contribution in [0.4, 0.5) is 0 Å². The van der Waals surface area contributed by atoms with Crippen molar-refractivity contribution >= 4 is 27.9 Å². The van der Waals surface area contributed by atoms with Gasteiger partial charge in [-0.05, 0) is 42.7 Å². The van der Waals surface area contributed by atoms with Crippen LogP contribution in [0.2, 0.25) is 0 Å². The maximum absolute atomic E-state index is 11.9. The van der Waals surface area contributed by atoms with Crippen molar-refractivity contribution in [1.82, 2.24) is 4.90 Å². The number of carbonyl (C=O) groups is 1. The Morgan fingerprint density at radius 1 is 1.41 bits per heavy atom. The van der Waals surface area contributed by atoms with Crippen LogP contribution in [0, 0.1) is 6.92 Å². The van der Waals surface area contributed by atoms with E-state index in [4.69, 9.17) is 0 Å². The van der Waals surface area contributed by atoms with E-state index in [1.807, 2.05) is 32.1 Å². The molecule has 3 heteroatoms. The van der Waals surface area contributed by atoms with Crippen molar-refractivity contribution in [2.45, 2.75) is 20.3 Å². The Labute approximate surface area is 111 Å². The highest BCUT2D eigenvalue weighted by atomic mass is 79.9. The summed E-state index contributed by atoms with van der Waals surface area (Å²) in [5.74, 6) is 0.0785. The largest absolute Gasteiger partial charge is 0.345 e. The van der Waals surface area contributed by atoms with Gasteiger partial charge in [-0.25, -0.2) is 0 Å². The molecule has 0 aromatic heterocycles. The molecule has 0 fully saturated rings. The van der Waals surface area contributed by atoms with Gasteiger partial charge in [0, 0.05) is 24.1 Å². The van der Waals surface area contributed by atoms with Crippen LogP contribution in [0.15, 0.2) is 28.2 Å². The third-order valence-corrected chi connectivity index (χ3v) is 3.12. The number of benzene rings is 1. The van der Waals surface area contributed by atoms with E-state index in [1.54, 1.807) is 19.0 Å². The van der Waals surface area contributed by atoms with Crippen LogP contribution >= 0.6 is 15.9 Å². The molecule has 1 rings (SSSR count). The van der Waals surface area contributed by atoms with Crippen molar-refractivity contribution < 1.29 is 4.79 Å². The van der Waals surface area contributed by atoms with E-state index < -0.39 is 0 Å². The molecule has 1 aromatic rings. The van der Waals surface area contributed by atoms with Crippen LogP contribution in [0.5, 0.6) is 0 Å². The summed E-state index contributed by atoms with van der Waals surface area (Å²) in [6.07, 6.45) is 2.72. The van der Waals surface area contributed by atoms with E-state index >= 15 is 0 Å². The Kier molecular flexibility index (Phi) is 4.94. The van der Waals surface area contributed by atoms with Gasteiger partial charge < -0.3 is 4.90 Å². The smallest absolute Gasteiger partial charge is 0.249 e. The first kappa shape index (κ1) is 14.0. The third kappa shape index (κ3) is 3.70. The number of rotatable bonds is 3. The van der Waals surface area contributed by atoms with Gasteiger partial charge in [0.05, 0.1) is 0 Å². The molecule has 1 amide bonds. The molecule has 0 spiro atoms. The fraction of sp³-hybridized carbons (Fsp3) is 0.357. The molecular formula is C14H18BrNO. The second kappa shape index (κ2) is 6.01.